The topological polar surface area (TPSA) is 52.2 Å². The van der Waals surface area contributed by atoms with Gasteiger partial charge in [-0.05, 0) is 67.3 Å². The van der Waals surface area contributed by atoms with Crippen LogP contribution in [0.3, 0.4) is 0 Å². The maximum absolute atomic E-state index is 13.7. The number of hydrogen-bond acceptors (Lipinski definition) is 3. The fourth-order valence-electron chi connectivity index (χ4n) is 10.1. The molecule has 166 valence electrons. The molecule has 8 atom stereocenters. The summed E-state index contributed by atoms with van der Waals surface area (Å²) in [6, 6.07) is 20.7. The highest BCUT2D eigenvalue weighted by Gasteiger charge is 3.02. The van der Waals surface area contributed by atoms with Crippen molar-refractivity contribution < 1.29 is 0 Å². The van der Waals surface area contributed by atoms with E-state index in [-0.39, 0.29) is 34.3 Å². The molecule has 2 unspecified atom stereocenters. The number of likely N-dealkylation sites (tertiary alicyclic amines) is 1. The van der Waals surface area contributed by atoms with Crippen molar-refractivity contribution >= 4 is 0 Å². The van der Waals surface area contributed by atoms with Gasteiger partial charge in [-0.15, -0.1) is 0 Å². The van der Waals surface area contributed by atoms with Crippen LogP contribution in [-0.4, -0.2) is 31.9 Å². The fourth-order valence-corrected chi connectivity index (χ4v) is 10.1. The van der Waals surface area contributed by atoms with Crippen LogP contribution in [0.4, 0.5) is 0 Å². The molecule has 1 aromatic heterocycles. The molecule has 2 aromatic carbocycles. The first-order valence-corrected chi connectivity index (χ1v) is 12.5. The third-order valence-corrected chi connectivity index (χ3v) is 10.7. The summed E-state index contributed by atoms with van der Waals surface area (Å²) < 4.78 is 5.32. The van der Waals surface area contributed by atoms with Crippen molar-refractivity contribution in [1.29, 1.82) is 0 Å². The highest BCUT2D eigenvalue weighted by Crippen LogP contribution is 3.03. The molecule has 0 N–H and O–H groups in total. The Morgan fingerprint density at radius 3 is 1.85 bits per heavy atom. The fraction of sp³-hybridized carbons (Fsp3) is 0.481. The molecule has 1 saturated heterocycles. The third kappa shape index (κ3) is 1.65. The Hall–Kier alpha value is -2.86. The van der Waals surface area contributed by atoms with Crippen molar-refractivity contribution in [1.82, 2.24) is 18.8 Å². The molecule has 33 heavy (non-hydrogen) atoms. The average Bonchev–Trinajstić information content (AvgIpc) is 3.62. The molecule has 0 radical (unpaired) electrons. The molecule has 2 bridgehead atoms. The minimum atomic E-state index is -0.119. The quantitative estimate of drug-likeness (QED) is 0.632. The van der Waals surface area contributed by atoms with Crippen molar-refractivity contribution in [2.75, 3.05) is 13.1 Å². The molecular weight excluding hydrogens is 412 g/mol. The lowest BCUT2D eigenvalue weighted by Crippen LogP contribution is -2.52. The maximum Gasteiger partial charge on any atom is 0.352 e. The lowest BCUT2D eigenvalue weighted by atomic mass is 9.69. The van der Waals surface area contributed by atoms with Gasteiger partial charge in [-0.1, -0.05) is 48.5 Å². The van der Waals surface area contributed by atoms with Crippen LogP contribution in [0.5, 0.6) is 0 Å². The number of para-hydroxylation sites is 1. The molecule has 5 fully saturated rings. The first kappa shape index (κ1) is 17.6. The molecule has 7 aliphatic rings. The zero-order valence-electron chi connectivity index (χ0n) is 18.4. The molecule has 2 spiro atoms. The van der Waals surface area contributed by atoms with E-state index in [0.29, 0.717) is 17.5 Å². The van der Waals surface area contributed by atoms with E-state index in [1.807, 2.05) is 39.7 Å². The van der Waals surface area contributed by atoms with E-state index in [2.05, 4.69) is 35.2 Å². The summed E-state index contributed by atoms with van der Waals surface area (Å²) in [6.45, 7) is 3.19. The van der Waals surface area contributed by atoms with Gasteiger partial charge in [-0.25, -0.2) is 23.5 Å². The standard InChI is InChI=1S/C27H26N4O2/c32-24-29(17-9-5-2-6-10-17)25(33)31-23-20-18-19(20)22(30(24)31)26-11-13-28(14-12-27(23,26)21(18)26)15-16-7-3-1-4-8-16/h1-10,18-23H,11-15H2/t18?,19-,20+,21?,22-,23-,26-,27-/m0/s1. The molecular formula is C27H26N4O2. The molecule has 6 nitrogen and oxygen atoms in total. The summed E-state index contributed by atoms with van der Waals surface area (Å²) in [5.74, 6) is 2.76. The van der Waals surface area contributed by atoms with Crippen LogP contribution in [0.1, 0.15) is 30.5 Å². The molecule has 10 rings (SSSR count). The van der Waals surface area contributed by atoms with Crippen LogP contribution < -0.4 is 11.4 Å². The summed E-state index contributed by atoms with van der Waals surface area (Å²) in [7, 11) is 0. The zero-order chi connectivity index (χ0) is 21.7. The summed E-state index contributed by atoms with van der Waals surface area (Å²) in [6.07, 6.45) is 2.34. The number of hydrogen-bond donors (Lipinski definition) is 0. The molecule has 3 aromatic rings. The molecule has 4 heterocycles. The summed E-state index contributed by atoms with van der Waals surface area (Å²) in [5, 5.41) is 0. The molecule has 4 aliphatic carbocycles. The normalized spacial score (nSPS) is 42.5. The second-order valence-corrected chi connectivity index (χ2v) is 11.4. The van der Waals surface area contributed by atoms with Gasteiger partial charge in [-0.2, -0.15) is 0 Å². The highest BCUT2D eigenvalue weighted by atomic mass is 16.2. The Morgan fingerprint density at radius 1 is 0.727 bits per heavy atom. The predicted molar refractivity (Wildman–Crippen MR) is 122 cm³/mol. The largest absolute Gasteiger partial charge is 0.352 e. The van der Waals surface area contributed by atoms with E-state index >= 15 is 0 Å². The average molecular weight is 439 g/mol. The Kier molecular flexibility index (Phi) is 2.81. The summed E-state index contributed by atoms with van der Waals surface area (Å²) in [4.78, 5) is 30.0. The number of benzene rings is 2. The van der Waals surface area contributed by atoms with Crippen molar-refractivity contribution in [3.05, 3.63) is 87.2 Å². The summed E-state index contributed by atoms with van der Waals surface area (Å²) in [5.41, 5.74) is 2.31. The molecule has 0 amide bonds. The van der Waals surface area contributed by atoms with Crippen molar-refractivity contribution in [2.24, 2.45) is 34.5 Å². The van der Waals surface area contributed by atoms with E-state index in [0.717, 1.165) is 31.5 Å². The van der Waals surface area contributed by atoms with Crippen LogP contribution in [0.25, 0.3) is 5.69 Å². The van der Waals surface area contributed by atoms with E-state index in [1.54, 1.807) is 0 Å². The molecule has 3 aliphatic heterocycles. The van der Waals surface area contributed by atoms with Crippen LogP contribution >= 0.6 is 0 Å². The maximum atomic E-state index is 13.7. The Morgan fingerprint density at radius 2 is 1.27 bits per heavy atom. The van der Waals surface area contributed by atoms with Crippen LogP contribution in [-0.2, 0) is 6.54 Å². The smallest absolute Gasteiger partial charge is 0.299 e. The first-order chi connectivity index (χ1) is 16.2. The van der Waals surface area contributed by atoms with Gasteiger partial charge in [0.15, 0.2) is 0 Å². The lowest BCUT2D eigenvalue weighted by Gasteiger charge is -2.47. The van der Waals surface area contributed by atoms with Crippen molar-refractivity contribution in [2.45, 2.75) is 31.5 Å². The van der Waals surface area contributed by atoms with Crippen molar-refractivity contribution in [3.8, 4) is 5.69 Å². The van der Waals surface area contributed by atoms with E-state index in [9.17, 15) is 9.59 Å². The third-order valence-electron chi connectivity index (χ3n) is 10.7. The summed E-state index contributed by atoms with van der Waals surface area (Å²) >= 11 is 0. The van der Waals surface area contributed by atoms with Gasteiger partial charge in [0.2, 0.25) is 0 Å². The van der Waals surface area contributed by atoms with E-state index < -0.39 is 0 Å². The van der Waals surface area contributed by atoms with Crippen molar-refractivity contribution in [3.63, 3.8) is 0 Å². The first-order valence-electron chi connectivity index (χ1n) is 12.5. The number of aromatic nitrogens is 3. The monoisotopic (exact) mass is 438 g/mol. The molecule has 6 heteroatoms. The second kappa shape index (κ2) is 5.27. The second-order valence-electron chi connectivity index (χ2n) is 11.4. The lowest BCUT2D eigenvalue weighted by molar-refractivity contribution is -0.00192. The van der Waals surface area contributed by atoms with Gasteiger partial charge < -0.3 is 0 Å². The highest BCUT2D eigenvalue weighted by molar-refractivity contribution is 5.49. The molecule has 4 saturated carbocycles. The SMILES string of the molecule is O=c1n(-c2ccccc2)c(=O)n2n1[C@H]1[C@@H]3C4C5[C@@]16CCN(Cc1ccccc1)CC[C@@]56[C@@H]2[C@@H]43. The zero-order valence-corrected chi connectivity index (χ0v) is 18.4. The van der Waals surface area contributed by atoms with Crippen LogP contribution in [0, 0.1) is 34.5 Å². The minimum absolute atomic E-state index is 0.119. The minimum Gasteiger partial charge on any atom is -0.299 e. The van der Waals surface area contributed by atoms with E-state index in [4.69, 9.17) is 0 Å². The van der Waals surface area contributed by atoms with Gasteiger partial charge in [0.25, 0.3) is 0 Å². The Balaban J connectivity index is 1.16. The van der Waals surface area contributed by atoms with Gasteiger partial charge in [0.1, 0.15) is 0 Å². The van der Waals surface area contributed by atoms with Gasteiger partial charge >= 0.3 is 11.4 Å². The van der Waals surface area contributed by atoms with E-state index in [1.165, 1.54) is 23.0 Å². The van der Waals surface area contributed by atoms with Gasteiger partial charge in [0, 0.05) is 17.4 Å². The Bertz CT molecular complexity index is 1390. The van der Waals surface area contributed by atoms with Crippen LogP contribution in [0.2, 0.25) is 0 Å². The van der Waals surface area contributed by atoms with Gasteiger partial charge in [-0.3, -0.25) is 4.90 Å². The number of rotatable bonds is 3. The Labute approximate surface area is 191 Å². The predicted octanol–water partition coefficient (Wildman–Crippen LogP) is 2.68. The van der Waals surface area contributed by atoms with Crippen LogP contribution in [0.15, 0.2) is 70.3 Å². The number of nitrogens with zero attached hydrogens (tertiary/aromatic N) is 4. The van der Waals surface area contributed by atoms with Gasteiger partial charge in [0.05, 0.1) is 17.8 Å².